The smallest absolute Gasteiger partial charge is 0.194 e. The van der Waals surface area contributed by atoms with Crippen molar-refractivity contribution in [1.29, 1.82) is 0 Å². The van der Waals surface area contributed by atoms with E-state index in [1.807, 2.05) is 51.1 Å². The number of thiophene rings is 1. The molecule has 0 amide bonds. The average molecular weight is 260 g/mol. The van der Waals surface area contributed by atoms with Gasteiger partial charge in [0.1, 0.15) is 5.75 Å². The molecule has 18 heavy (non-hydrogen) atoms. The predicted molar refractivity (Wildman–Crippen MR) is 74.8 cm³/mol. The standard InChI is InChI=1S/C15H16O2S/c1-4-17-13-7-5-12(6-8-13)15(16)14-9-10(2)18-11(14)3/h5-9H,4H2,1-3H3. The molecule has 94 valence electrons. The van der Waals surface area contributed by atoms with Crippen LogP contribution in [0.15, 0.2) is 30.3 Å². The Kier molecular flexibility index (Phi) is 3.82. The van der Waals surface area contributed by atoms with Crippen LogP contribution in [0.3, 0.4) is 0 Å². The lowest BCUT2D eigenvalue weighted by atomic mass is 10.0. The predicted octanol–water partition coefficient (Wildman–Crippen LogP) is 3.99. The summed E-state index contributed by atoms with van der Waals surface area (Å²) in [6.07, 6.45) is 0. The fourth-order valence-electron chi connectivity index (χ4n) is 1.88. The first kappa shape index (κ1) is 12.8. The second-order valence-corrected chi connectivity index (χ2v) is 5.57. The lowest BCUT2D eigenvalue weighted by Crippen LogP contribution is -2.01. The minimum absolute atomic E-state index is 0.0832. The molecule has 2 rings (SSSR count). The Hall–Kier alpha value is -1.61. The summed E-state index contributed by atoms with van der Waals surface area (Å²) >= 11 is 1.66. The van der Waals surface area contributed by atoms with Crippen LogP contribution in [0.2, 0.25) is 0 Å². The Morgan fingerprint density at radius 2 is 1.89 bits per heavy atom. The van der Waals surface area contributed by atoms with Crippen molar-refractivity contribution in [3.63, 3.8) is 0 Å². The van der Waals surface area contributed by atoms with E-state index in [0.717, 1.165) is 16.2 Å². The number of hydrogen-bond donors (Lipinski definition) is 0. The lowest BCUT2D eigenvalue weighted by molar-refractivity contribution is 0.103. The third-order valence-corrected chi connectivity index (χ3v) is 3.68. The van der Waals surface area contributed by atoms with Gasteiger partial charge >= 0.3 is 0 Å². The molecular weight excluding hydrogens is 244 g/mol. The molecule has 2 aromatic rings. The highest BCUT2D eigenvalue weighted by Crippen LogP contribution is 2.24. The molecule has 1 aromatic carbocycles. The molecule has 0 aliphatic carbocycles. The van der Waals surface area contributed by atoms with Gasteiger partial charge in [0.2, 0.25) is 0 Å². The average Bonchev–Trinajstić information content (AvgIpc) is 2.69. The Balaban J connectivity index is 2.26. The number of benzene rings is 1. The third kappa shape index (κ3) is 2.62. The highest BCUT2D eigenvalue weighted by molar-refractivity contribution is 7.12. The van der Waals surface area contributed by atoms with Crippen LogP contribution in [-0.2, 0) is 0 Å². The fraction of sp³-hybridized carbons (Fsp3) is 0.267. The Labute approximate surface area is 111 Å². The quantitative estimate of drug-likeness (QED) is 0.777. The van der Waals surface area contributed by atoms with Gasteiger partial charge in [-0.25, -0.2) is 0 Å². The van der Waals surface area contributed by atoms with Crippen molar-refractivity contribution in [3.05, 3.63) is 51.2 Å². The zero-order valence-electron chi connectivity index (χ0n) is 10.8. The number of rotatable bonds is 4. The zero-order chi connectivity index (χ0) is 13.1. The van der Waals surface area contributed by atoms with Gasteiger partial charge < -0.3 is 4.74 Å². The Bertz CT molecular complexity index is 552. The first-order valence-corrected chi connectivity index (χ1v) is 6.78. The third-order valence-electron chi connectivity index (χ3n) is 2.71. The molecule has 0 aliphatic heterocycles. The molecule has 0 unspecified atom stereocenters. The zero-order valence-corrected chi connectivity index (χ0v) is 11.6. The van der Waals surface area contributed by atoms with E-state index in [0.29, 0.717) is 12.2 Å². The first-order valence-electron chi connectivity index (χ1n) is 5.96. The largest absolute Gasteiger partial charge is 0.494 e. The maximum absolute atomic E-state index is 12.3. The van der Waals surface area contributed by atoms with Crippen molar-refractivity contribution in [2.75, 3.05) is 6.61 Å². The van der Waals surface area contributed by atoms with Crippen molar-refractivity contribution in [2.24, 2.45) is 0 Å². The lowest BCUT2D eigenvalue weighted by Gasteiger charge is -2.04. The topological polar surface area (TPSA) is 26.3 Å². The normalized spacial score (nSPS) is 10.4. The van der Waals surface area contributed by atoms with Gasteiger partial charge in [0.25, 0.3) is 0 Å². The maximum Gasteiger partial charge on any atom is 0.194 e. The van der Waals surface area contributed by atoms with Gasteiger partial charge in [0.05, 0.1) is 6.61 Å². The van der Waals surface area contributed by atoms with Crippen LogP contribution in [0.1, 0.15) is 32.6 Å². The van der Waals surface area contributed by atoms with Gasteiger partial charge in [-0.05, 0) is 51.1 Å². The van der Waals surface area contributed by atoms with Gasteiger partial charge in [-0.1, -0.05) is 0 Å². The molecule has 3 heteroatoms. The fourth-order valence-corrected chi connectivity index (χ4v) is 2.80. The molecule has 0 N–H and O–H groups in total. The summed E-state index contributed by atoms with van der Waals surface area (Å²) in [6.45, 7) is 6.58. The Morgan fingerprint density at radius 1 is 1.22 bits per heavy atom. The summed E-state index contributed by atoms with van der Waals surface area (Å²) in [4.78, 5) is 14.6. The number of carbonyl (C=O) groups is 1. The SMILES string of the molecule is CCOc1ccc(C(=O)c2cc(C)sc2C)cc1. The van der Waals surface area contributed by atoms with Crippen LogP contribution in [-0.4, -0.2) is 12.4 Å². The van der Waals surface area contributed by atoms with Crippen molar-refractivity contribution in [2.45, 2.75) is 20.8 Å². The second-order valence-electron chi connectivity index (χ2n) is 4.11. The van der Waals surface area contributed by atoms with E-state index in [9.17, 15) is 4.79 Å². The molecular formula is C15H16O2S. The molecule has 0 atom stereocenters. The first-order chi connectivity index (χ1) is 8.61. The summed E-state index contributed by atoms with van der Waals surface area (Å²) in [5.41, 5.74) is 1.51. The summed E-state index contributed by atoms with van der Waals surface area (Å²) < 4.78 is 5.36. The molecule has 0 fully saturated rings. The summed E-state index contributed by atoms with van der Waals surface area (Å²) in [7, 11) is 0. The van der Waals surface area contributed by atoms with Gasteiger partial charge in [-0.15, -0.1) is 11.3 Å². The number of carbonyl (C=O) groups excluding carboxylic acids is 1. The molecule has 0 bridgehead atoms. The van der Waals surface area contributed by atoms with E-state index < -0.39 is 0 Å². The van der Waals surface area contributed by atoms with E-state index in [1.165, 1.54) is 4.88 Å². The maximum atomic E-state index is 12.3. The number of aryl methyl sites for hydroxylation is 2. The van der Waals surface area contributed by atoms with Crippen LogP contribution < -0.4 is 4.74 Å². The molecule has 0 saturated carbocycles. The van der Waals surface area contributed by atoms with E-state index >= 15 is 0 Å². The highest BCUT2D eigenvalue weighted by Gasteiger charge is 2.13. The van der Waals surface area contributed by atoms with Crippen LogP contribution in [0.4, 0.5) is 0 Å². The molecule has 0 aliphatic rings. The summed E-state index contributed by atoms with van der Waals surface area (Å²) in [5.74, 6) is 0.882. The molecule has 0 radical (unpaired) electrons. The number of hydrogen-bond acceptors (Lipinski definition) is 3. The van der Waals surface area contributed by atoms with Crippen molar-refractivity contribution in [1.82, 2.24) is 0 Å². The Morgan fingerprint density at radius 3 is 2.39 bits per heavy atom. The van der Waals surface area contributed by atoms with Crippen molar-refractivity contribution in [3.8, 4) is 5.75 Å². The van der Waals surface area contributed by atoms with E-state index in [1.54, 1.807) is 11.3 Å². The molecule has 1 heterocycles. The van der Waals surface area contributed by atoms with Crippen molar-refractivity contribution >= 4 is 17.1 Å². The van der Waals surface area contributed by atoms with Gasteiger partial charge in [-0.2, -0.15) is 0 Å². The number of ketones is 1. The van der Waals surface area contributed by atoms with Gasteiger partial charge in [0.15, 0.2) is 5.78 Å². The van der Waals surface area contributed by atoms with E-state index in [4.69, 9.17) is 4.74 Å². The van der Waals surface area contributed by atoms with Crippen molar-refractivity contribution < 1.29 is 9.53 Å². The minimum atomic E-state index is 0.0832. The number of ether oxygens (including phenoxy) is 1. The molecule has 1 aromatic heterocycles. The monoisotopic (exact) mass is 260 g/mol. The van der Waals surface area contributed by atoms with Crippen LogP contribution in [0.25, 0.3) is 0 Å². The van der Waals surface area contributed by atoms with E-state index in [2.05, 4.69) is 0 Å². The van der Waals surface area contributed by atoms with E-state index in [-0.39, 0.29) is 5.78 Å². The molecule has 2 nitrogen and oxygen atoms in total. The second kappa shape index (κ2) is 5.36. The highest BCUT2D eigenvalue weighted by atomic mass is 32.1. The molecule has 0 saturated heterocycles. The van der Waals surface area contributed by atoms with Gasteiger partial charge in [0, 0.05) is 20.9 Å². The van der Waals surface area contributed by atoms with Crippen LogP contribution in [0.5, 0.6) is 5.75 Å². The van der Waals surface area contributed by atoms with Crippen LogP contribution >= 0.6 is 11.3 Å². The van der Waals surface area contributed by atoms with Crippen LogP contribution in [0, 0.1) is 13.8 Å². The molecule has 0 spiro atoms. The summed E-state index contributed by atoms with van der Waals surface area (Å²) in [5, 5.41) is 0. The van der Waals surface area contributed by atoms with Gasteiger partial charge in [-0.3, -0.25) is 4.79 Å². The summed E-state index contributed by atoms with van der Waals surface area (Å²) in [6, 6.07) is 9.27. The minimum Gasteiger partial charge on any atom is -0.494 e.